The second-order valence-electron chi connectivity index (χ2n) is 7.38. The van der Waals surface area contributed by atoms with Crippen molar-refractivity contribution in [2.45, 2.75) is 12.5 Å². The molecule has 13 heteroatoms. The Labute approximate surface area is 211 Å². The summed E-state index contributed by atoms with van der Waals surface area (Å²) in [6.07, 6.45) is 10.1. The number of fused-ring (bicyclic) bond motifs is 1. The van der Waals surface area contributed by atoms with Crippen molar-refractivity contribution in [3.05, 3.63) is 76.0 Å². The Morgan fingerprint density at radius 1 is 1.22 bits per heavy atom. The summed E-state index contributed by atoms with van der Waals surface area (Å²) in [6.45, 7) is 0.0537. The standard InChI is InChI=1S/C15H16F2N4O4S.C6H4ClF.C2H2/c1-25-15(22)10-6-19-14(13-11(17)3-8(16)5-18-13)21-7-9(4-12(10)21)20-26(2,23)24;7-5-2-1-3-6(8)4-5;1-2/h3,5,9,20H,4,6-7H2,1-2H3;1-4H;1-2H/t9-;;/m0../s1. The summed E-state index contributed by atoms with van der Waals surface area (Å²) in [4.78, 5) is 21.5. The number of nitrogens with zero attached hydrogens (tertiary/aromatic N) is 3. The van der Waals surface area contributed by atoms with Crippen LogP contribution in [-0.2, 0) is 19.6 Å². The van der Waals surface area contributed by atoms with E-state index in [9.17, 15) is 26.4 Å². The summed E-state index contributed by atoms with van der Waals surface area (Å²) in [5.74, 6) is -2.50. The molecular formula is C23H22ClF3N4O4S. The number of pyridine rings is 1. The molecule has 2 aliphatic rings. The molecule has 0 aliphatic carbocycles. The Balaban J connectivity index is 0.000000384. The minimum Gasteiger partial charge on any atom is -0.466 e. The monoisotopic (exact) mass is 542 g/mol. The first-order chi connectivity index (χ1) is 17.0. The van der Waals surface area contributed by atoms with E-state index in [1.165, 1.54) is 24.1 Å². The summed E-state index contributed by atoms with van der Waals surface area (Å²) < 4.78 is 69.6. The van der Waals surface area contributed by atoms with Crippen LogP contribution in [0.1, 0.15) is 12.1 Å². The van der Waals surface area contributed by atoms with Crippen molar-refractivity contribution >= 4 is 33.4 Å². The van der Waals surface area contributed by atoms with Crippen molar-refractivity contribution < 1.29 is 31.1 Å². The predicted octanol–water partition coefficient (Wildman–Crippen LogP) is 2.90. The molecular weight excluding hydrogens is 521 g/mol. The number of sulfonamides is 1. The van der Waals surface area contributed by atoms with E-state index < -0.39 is 33.7 Å². The van der Waals surface area contributed by atoms with E-state index in [2.05, 4.69) is 27.5 Å². The van der Waals surface area contributed by atoms with E-state index in [4.69, 9.17) is 16.3 Å². The van der Waals surface area contributed by atoms with E-state index in [-0.39, 0.29) is 42.4 Å². The van der Waals surface area contributed by atoms with Crippen LogP contribution in [0.5, 0.6) is 0 Å². The Hall–Kier alpha value is -3.40. The van der Waals surface area contributed by atoms with E-state index in [0.29, 0.717) is 16.8 Å². The molecule has 1 atom stereocenters. The largest absolute Gasteiger partial charge is 0.466 e. The third-order valence-electron chi connectivity index (χ3n) is 4.78. The highest BCUT2D eigenvalue weighted by atomic mass is 35.5. The Kier molecular flexibility index (Phi) is 10.0. The summed E-state index contributed by atoms with van der Waals surface area (Å²) in [5, 5.41) is 0.435. The zero-order chi connectivity index (χ0) is 27.0. The molecule has 1 fully saturated rings. The van der Waals surface area contributed by atoms with Crippen LogP contribution in [0.3, 0.4) is 0 Å². The maximum Gasteiger partial charge on any atom is 0.337 e. The van der Waals surface area contributed by atoms with Crippen LogP contribution in [0.2, 0.25) is 5.02 Å². The molecule has 1 saturated heterocycles. The van der Waals surface area contributed by atoms with Crippen LogP contribution in [0.15, 0.2) is 52.8 Å². The van der Waals surface area contributed by atoms with Gasteiger partial charge in [-0.15, -0.1) is 12.8 Å². The molecule has 0 unspecified atom stereocenters. The minimum atomic E-state index is -3.48. The fraction of sp³-hybridized carbons (Fsp3) is 0.261. The summed E-state index contributed by atoms with van der Waals surface area (Å²) in [5.41, 5.74) is 0.568. The molecule has 3 heterocycles. The maximum absolute atomic E-state index is 14.2. The van der Waals surface area contributed by atoms with Gasteiger partial charge < -0.3 is 9.64 Å². The summed E-state index contributed by atoms with van der Waals surface area (Å²) in [6, 6.07) is 5.97. The number of benzene rings is 1. The summed E-state index contributed by atoms with van der Waals surface area (Å²) in [7, 11) is -2.26. The van der Waals surface area contributed by atoms with Gasteiger partial charge in [-0.25, -0.2) is 36.1 Å². The minimum absolute atomic E-state index is 0.0715. The van der Waals surface area contributed by atoms with Gasteiger partial charge in [-0.1, -0.05) is 17.7 Å². The molecule has 0 bridgehead atoms. The molecule has 0 radical (unpaired) electrons. The van der Waals surface area contributed by atoms with Gasteiger partial charge in [-0.2, -0.15) is 0 Å². The van der Waals surface area contributed by atoms with Crippen molar-refractivity contribution in [2.24, 2.45) is 4.99 Å². The first-order valence-corrected chi connectivity index (χ1v) is 12.4. The lowest BCUT2D eigenvalue weighted by Gasteiger charge is -2.27. The van der Waals surface area contributed by atoms with Crippen LogP contribution >= 0.6 is 11.6 Å². The van der Waals surface area contributed by atoms with Crippen LogP contribution in [0.25, 0.3) is 0 Å². The fourth-order valence-electron chi connectivity index (χ4n) is 3.50. The number of carbonyl (C=O) groups excluding carboxylic acids is 1. The van der Waals surface area contributed by atoms with Gasteiger partial charge in [0.15, 0.2) is 11.7 Å². The molecule has 2 aliphatic heterocycles. The first-order valence-electron chi connectivity index (χ1n) is 10.1. The number of esters is 1. The predicted molar refractivity (Wildman–Crippen MR) is 129 cm³/mol. The molecule has 192 valence electrons. The lowest BCUT2D eigenvalue weighted by atomic mass is 10.1. The molecule has 8 nitrogen and oxygen atoms in total. The lowest BCUT2D eigenvalue weighted by Crippen LogP contribution is -2.39. The van der Waals surface area contributed by atoms with E-state index in [1.807, 2.05) is 0 Å². The van der Waals surface area contributed by atoms with Crippen LogP contribution in [-0.4, -0.2) is 62.6 Å². The molecule has 0 amide bonds. The Morgan fingerprint density at radius 3 is 2.44 bits per heavy atom. The van der Waals surface area contributed by atoms with Crippen molar-refractivity contribution in [1.82, 2.24) is 14.6 Å². The number of aromatic nitrogens is 1. The average Bonchev–Trinajstić information content (AvgIpc) is 3.21. The molecule has 36 heavy (non-hydrogen) atoms. The number of carbonyl (C=O) groups is 1. The number of amidine groups is 1. The zero-order valence-electron chi connectivity index (χ0n) is 19.2. The lowest BCUT2D eigenvalue weighted by molar-refractivity contribution is -0.136. The number of hydrogen-bond donors (Lipinski definition) is 1. The zero-order valence-corrected chi connectivity index (χ0v) is 20.8. The number of ether oxygens (including phenoxy) is 1. The van der Waals surface area contributed by atoms with E-state index in [1.54, 1.807) is 12.1 Å². The smallest absolute Gasteiger partial charge is 0.337 e. The highest BCUT2D eigenvalue weighted by Crippen LogP contribution is 2.31. The maximum atomic E-state index is 14.2. The van der Waals surface area contributed by atoms with Gasteiger partial charge in [0.2, 0.25) is 10.0 Å². The van der Waals surface area contributed by atoms with Crippen molar-refractivity contribution in [1.29, 1.82) is 0 Å². The third kappa shape index (κ3) is 7.55. The van der Waals surface area contributed by atoms with Gasteiger partial charge in [0, 0.05) is 35.8 Å². The van der Waals surface area contributed by atoms with Crippen LogP contribution < -0.4 is 4.72 Å². The number of halogens is 4. The second kappa shape index (κ2) is 12.5. The number of methoxy groups -OCH3 is 1. The third-order valence-corrected chi connectivity index (χ3v) is 5.77. The molecule has 0 spiro atoms. The molecule has 1 N–H and O–H groups in total. The van der Waals surface area contributed by atoms with E-state index in [0.717, 1.165) is 12.5 Å². The number of terminal acetylenes is 1. The van der Waals surface area contributed by atoms with Gasteiger partial charge in [-0.3, -0.25) is 4.99 Å². The van der Waals surface area contributed by atoms with Crippen molar-refractivity contribution in [3.63, 3.8) is 0 Å². The number of rotatable bonds is 4. The topological polar surface area (TPSA) is 101 Å². The van der Waals surface area contributed by atoms with Crippen LogP contribution in [0, 0.1) is 30.3 Å². The summed E-state index contributed by atoms with van der Waals surface area (Å²) >= 11 is 5.40. The van der Waals surface area contributed by atoms with E-state index >= 15 is 0 Å². The molecule has 2 aromatic rings. The van der Waals surface area contributed by atoms with Crippen LogP contribution in [0.4, 0.5) is 13.2 Å². The molecule has 0 saturated carbocycles. The highest BCUT2D eigenvalue weighted by molar-refractivity contribution is 7.88. The molecule has 4 rings (SSSR count). The highest BCUT2D eigenvalue weighted by Gasteiger charge is 2.38. The first kappa shape index (κ1) is 28.8. The van der Waals surface area contributed by atoms with Gasteiger partial charge in [0.25, 0.3) is 0 Å². The Morgan fingerprint density at radius 2 is 1.92 bits per heavy atom. The molecule has 1 aromatic heterocycles. The van der Waals surface area contributed by atoms with Gasteiger partial charge in [-0.05, 0) is 18.2 Å². The Bertz CT molecular complexity index is 1300. The average molecular weight is 543 g/mol. The number of nitrogens with one attached hydrogen (secondary N) is 1. The van der Waals surface area contributed by atoms with Gasteiger partial charge >= 0.3 is 5.97 Å². The molecule has 1 aromatic carbocycles. The normalized spacial score (nSPS) is 16.6. The van der Waals surface area contributed by atoms with Crippen molar-refractivity contribution in [3.8, 4) is 12.8 Å². The SMILES string of the molecule is C#C.COC(=O)C1=C2C[C@H](NS(C)(=O)=O)CN2C(c2ncc(F)cc2F)=NC1.Fc1cccc(Cl)c1. The van der Waals surface area contributed by atoms with Crippen molar-refractivity contribution in [2.75, 3.05) is 26.5 Å². The number of aliphatic imine (C=N–C) groups is 1. The quantitative estimate of drug-likeness (QED) is 0.471. The van der Waals surface area contributed by atoms with Gasteiger partial charge in [0.05, 0.1) is 31.7 Å². The van der Waals surface area contributed by atoms with Gasteiger partial charge in [0.1, 0.15) is 17.3 Å². The fourth-order valence-corrected chi connectivity index (χ4v) is 4.44. The second-order valence-corrected chi connectivity index (χ2v) is 9.60. The number of hydrogen-bond acceptors (Lipinski definition) is 7.